The van der Waals surface area contributed by atoms with Crippen molar-refractivity contribution in [1.29, 1.82) is 0 Å². The molecule has 118 valence electrons. The Labute approximate surface area is 132 Å². The second-order valence-electron chi connectivity index (χ2n) is 4.58. The zero-order valence-corrected chi connectivity index (χ0v) is 13.1. The molecule has 0 saturated heterocycles. The SMILES string of the molecule is O=c1ccc(Cl)cn1CCCNS(=O)(=O)c1ccc(F)cc1. The van der Waals surface area contributed by atoms with E-state index in [0.29, 0.717) is 18.0 Å². The van der Waals surface area contributed by atoms with Crippen molar-refractivity contribution in [3.8, 4) is 0 Å². The Morgan fingerprint density at radius 1 is 1.14 bits per heavy atom. The van der Waals surface area contributed by atoms with Gasteiger partial charge in [-0.15, -0.1) is 0 Å². The predicted molar refractivity (Wildman–Crippen MR) is 81.9 cm³/mol. The van der Waals surface area contributed by atoms with Crippen molar-refractivity contribution in [1.82, 2.24) is 9.29 Å². The van der Waals surface area contributed by atoms with Gasteiger partial charge in [0.25, 0.3) is 5.56 Å². The van der Waals surface area contributed by atoms with E-state index in [1.54, 1.807) is 0 Å². The maximum absolute atomic E-state index is 12.8. The van der Waals surface area contributed by atoms with Gasteiger partial charge in [0, 0.05) is 25.4 Å². The number of halogens is 2. The van der Waals surface area contributed by atoms with Gasteiger partial charge in [-0.2, -0.15) is 0 Å². The van der Waals surface area contributed by atoms with Gasteiger partial charge in [0.2, 0.25) is 10.0 Å². The van der Waals surface area contributed by atoms with E-state index in [9.17, 15) is 17.6 Å². The molecule has 2 aromatic rings. The minimum atomic E-state index is -3.68. The Hall–Kier alpha value is -1.70. The summed E-state index contributed by atoms with van der Waals surface area (Å²) in [6, 6.07) is 7.40. The number of benzene rings is 1. The van der Waals surface area contributed by atoms with Crippen LogP contribution in [0, 0.1) is 5.82 Å². The topological polar surface area (TPSA) is 68.2 Å². The van der Waals surface area contributed by atoms with Crippen LogP contribution in [0.2, 0.25) is 5.02 Å². The minimum absolute atomic E-state index is 0.00572. The smallest absolute Gasteiger partial charge is 0.250 e. The second kappa shape index (κ2) is 7.04. The number of nitrogens with zero attached hydrogens (tertiary/aromatic N) is 1. The van der Waals surface area contributed by atoms with Gasteiger partial charge in [0.05, 0.1) is 9.92 Å². The third kappa shape index (κ3) is 4.40. The molecule has 0 radical (unpaired) electrons. The normalized spacial score (nSPS) is 11.5. The van der Waals surface area contributed by atoms with Gasteiger partial charge in [0.15, 0.2) is 0 Å². The Morgan fingerprint density at radius 3 is 2.50 bits per heavy atom. The number of hydrogen-bond donors (Lipinski definition) is 1. The maximum atomic E-state index is 12.8. The fraction of sp³-hybridized carbons (Fsp3) is 0.214. The first-order valence-electron chi connectivity index (χ1n) is 6.50. The molecule has 0 amide bonds. The highest BCUT2D eigenvalue weighted by molar-refractivity contribution is 7.89. The molecule has 1 N–H and O–H groups in total. The summed E-state index contributed by atoms with van der Waals surface area (Å²) in [6.45, 7) is 0.490. The van der Waals surface area contributed by atoms with Gasteiger partial charge in [0.1, 0.15) is 5.82 Å². The average molecular weight is 345 g/mol. The van der Waals surface area contributed by atoms with E-state index in [-0.39, 0.29) is 17.0 Å². The van der Waals surface area contributed by atoms with E-state index >= 15 is 0 Å². The van der Waals surface area contributed by atoms with Crippen molar-refractivity contribution in [2.24, 2.45) is 0 Å². The summed E-state index contributed by atoms with van der Waals surface area (Å²) in [4.78, 5) is 11.5. The largest absolute Gasteiger partial charge is 0.314 e. The zero-order valence-electron chi connectivity index (χ0n) is 11.5. The van der Waals surface area contributed by atoms with Crippen molar-refractivity contribution < 1.29 is 12.8 Å². The first-order chi connectivity index (χ1) is 10.4. The van der Waals surface area contributed by atoms with Crippen molar-refractivity contribution in [2.75, 3.05) is 6.54 Å². The second-order valence-corrected chi connectivity index (χ2v) is 6.79. The molecule has 2 rings (SSSR count). The van der Waals surface area contributed by atoms with E-state index in [1.165, 1.54) is 35.0 Å². The number of pyridine rings is 1. The maximum Gasteiger partial charge on any atom is 0.250 e. The summed E-state index contributed by atoms with van der Waals surface area (Å²) in [6.07, 6.45) is 1.92. The van der Waals surface area contributed by atoms with Crippen LogP contribution in [0.25, 0.3) is 0 Å². The minimum Gasteiger partial charge on any atom is -0.314 e. The van der Waals surface area contributed by atoms with Crippen molar-refractivity contribution in [3.63, 3.8) is 0 Å². The predicted octanol–water partition coefficient (Wildman–Crippen LogP) is 2.01. The lowest BCUT2D eigenvalue weighted by Crippen LogP contribution is -2.27. The Morgan fingerprint density at radius 2 is 1.82 bits per heavy atom. The molecule has 8 heteroatoms. The molecule has 1 heterocycles. The number of sulfonamides is 1. The van der Waals surface area contributed by atoms with E-state index in [0.717, 1.165) is 12.1 Å². The van der Waals surface area contributed by atoms with Crippen LogP contribution in [0.1, 0.15) is 6.42 Å². The summed E-state index contributed by atoms with van der Waals surface area (Å²) in [7, 11) is -3.68. The van der Waals surface area contributed by atoms with Crippen LogP contribution in [-0.4, -0.2) is 19.5 Å². The summed E-state index contributed by atoms with van der Waals surface area (Å²) in [5, 5.41) is 0.437. The molecule has 1 aromatic carbocycles. The van der Waals surface area contributed by atoms with E-state index in [1.807, 2.05) is 0 Å². The number of nitrogens with one attached hydrogen (secondary N) is 1. The van der Waals surface area contributed by atoms with Gasteiger partial charge in [-0.1, -0.05) is 11.6 Å². The van der Waals surface area contributed by atoms with Crippen molar-refractivity contribution in [2.45, 2.75) is 17.9 Å². The van der Waals surface area contributed by atoms with Crippen LogP contribution in [0.5, 0.6) is 0 Å². The monoisotopic (exact) mass is 344 g/mol. The number of rotatable bonds is 6. The summed E-state index contributed by atoms with van der Waals surface area (Å²) < 4.78 is 40.5. The van der Waals surface area contributed by atoms with E-state index in [4.69, 9.17) is 11.6 Å². The first-order valence-corrected chi connectivity index (χ1v) is 8.36. The van der Waals surface area contributed by atoms with Gasteiger partial charge in [-0.3, -0.25) is 4.79 Å². The molecular weight excluding hydrogens is 331 g/mol. The average Bonchev–Trinajstić information content (AvgIpc) is 2.47. The fourth-order valence-electron chi connectivity index (χ4n) is 1.83. The molecule has 0 aliphatic heterocycles. The highest BCUT2D eigenvalue weighted by Crippen LogP contribution is 2.09. The summed E-state index contributed by atoms with van der Waals surface area (Å²) in [5.74, 6) is -0.501. The highest BCUT2D eigenvalue weighted by Gasteiger charge is 2.12. The van der Waals surface area contributed by atoms with Crippen LogP contribution >= 0.6 is 11.6 Å². The molecular formula is C14H14ClFN2O3S. The molecule has 1 aromatic heterocycles. The Balaban J connectivity index is 1.92. The molecule has 0 atom stereocenters. The number of aromatic nitrogens is 1. The first kappa shape index (κ1) is 16.7. The summed E-state index contributed by atoms with van der Waals surface area (Å²) in [5.41, 5.74) is -0.203. The molecule has 0 fully saturated rings. The van der Waals surface area contributed by atoms with Gasteiger partial charge in [-0.25, -0.2) is 17.5 Å². The molecule has 0 unspecified atom stereocenters. The van der Waals surface area contributed by atoms with Crippen LogP contribution < -0.4 is 10.3 Å². The molecule has 0 aliphatic rings. The lowest BCUT2D eigenvalue weighted by Gasteiger charge is -2.08. The summed E-state index contributed by atoms with van der Waals surface area (Å²) >= 11 is 5.79. The molecule has 22 heavy (non-hydrogen) atoms. The lowest BCUT2D eigenvalue weighted by molar-refractivity contribution is 0.566. The molecule has 0 spiro atoms. The Bertz CT molecular complexity index is 804. The van der Waals surface area contributed by atoms with E-state index in [2.05, 4.69) is 4.72 Å². The highest BCUT2D eigenvalue weighted by atomic mass is 35.5. The van der Waals surface area contributed by atoms with Crippen molar-refractivity contribution in [3.05, 3.63) is 63.8 Å². The van der Waals surface area contributed by atoms with Crippen LogP contribution in [0.15, 0.2) is 52.3 Å². The Kier molecular flexibility index (Phi) is 5.33. The molecule has 0 saturated carbocycles. The lowest BCUT2D eigenvalue weighted by atomic mass is 10.4. The van der Waals surface area contributed by atoms with Crippen LogP contribution in [-0.2, 0) is 16.6 Å². The number of hydrogen-bond acceptors (Lipinski definition) is 3. The number of aryl methyl sites for hydroxylation is 1. The standard InChI is InChI=1S/C14H14ClFN2O3S/c15-11-2-7-14(19)18(10-11)9-1-8-17-22(20,21)13-5-3-12(16)4-6-13/h2-7,10,17H,1,8-9H2. The zero-order chi connectivity index (χ0) is 16.2. The van der Waals surface area contributed by atoms with Crippen molar-refractivity contribution >= 4 is 21.6 Å². The van der Waals surface area contributed by atoms with Crippen LogP contribution in [0.4, 0.5) is 4.39 Å². The van der Waals surface area contributed by atoms with Gasteiger partial charge in [-0.05, 0) is 36.8 Å². The third-order valence-electron chi connectivity index (χ3n) is 2.94. The quantitative estimate of drug-likeness (QED) is 0.815. The van der Waals surface area contributed by atoms with Gasteiger partial charge >= 0.3 is 0 Å². The molecule has 0 bridgehead atoms. The molecule has 5 nitrogen and oxygen atoms in total. The van der Waals surface area contributed by atoms with Crippen LogP contribution in [0.3, 0.4) is 0 Å². The van der Waals surface area contributed by atoms with Gasteiger partial charge < -0.3 is 4.57 Å². The third-order valence-corrected chi connectivity index (χ3v) is 4.64. The van der Waals surface area contributed by atoms with E-state index < -0.39 is 15.8 Å². The fourth-order valence-corrected chi connectivity index (χ4v) is 3.08. The molecule has 0 aliphatic carbocycles.